The molecule has 0 aliphatic carbocycles. The van der Waals surface area contributed by atoms with Crippen LogP contribution in [0.15, 0.2) is 34.9 Å². The van der Waals surface area contributed by atoms with E-state index in [1.165, 1.54) is 5.56 Å². The number of aromatic nitrogens is 4. The first-order valence-electron chi connectivity index (χ1n) is 9.19. The van der Waals surface area contributed by atoms with Crippen LogP contribution in [0.5, 0.6) is 0 Å². The Morgan fingerprint density at radius 3 is 2.70 bits per heavy atom. The number of hydrogen-bond acceptors (Lipinski definition) is 5. The van der Waals surface area contributed by atoms with Gasteiger partial charge in [-0.15, -0.1) is 10.2 Å². The van der Waals surface area contributed by atoms with Crippen molar-refractivity contribution in [2.45, 2.75) is 46.2 Å². The van der Waals surface area contributed by atoms with Gasteiger partial charge in [-0.25, -0.2) is 0 Å². The number of aryl methyl sites for hydroxylation is 2. The van der Waals surface area contributed by atoms with Crippen molar-refractivity contribution >= 4 is 5.91 Å². The quantitative estimate of drug-likeness (QED) is 0.710. The van der Waals surface area contributed by atoms with Gasteiger partial charge in [0.1, 0.15) is 11.6 Å². The second-order valence-electron chi connectivity index (χ2n) is 7.17. The third kappa shape index (κ3) is 3.37. The van der Waals surface area contributed by atoms with Crippen molar-refractivity contribution in [3.05, 3.63) is 64.6 Å². The van der Waals surface area contributed by atoms with Crippen LogP contribution in [0.25, 0.3) is 0 Å². The summed E-state index contributed by atoms with van der Waals surface area (Å²) in [6, 6.07) is 10.4. The molecule has 0 radical (unpaired) electrons. The minimum Gasteiger partial charge on any atom is -0.361 e. The number of benzene rings is 1. The maximum absolute atomic E-state index is 12.8. The Hall–Kier alpha value is -2.96. The van der Waals surface area contributed by atoms with Gasteiger partial charge < -0.3 is 14.0 Å². The molecule has 3 heterocycles. The molecule has 0 bridgehead atoms. The predicted molar refractivity (Wildman–Crippen MR) is 99.1 cm³/mol. The van der Waals surface area contributed by atoms with Crippen molar-refractivity contribution in [2.75, 3.05) is 6.54 Å². The van der Waals surface area contributed by atoms with Gasteiger partial charge in [0.15, 0.2) is 5.82 Å². The maximum Gasteiger partial charge on any atom is 0.227 e. The van der Waals surface area contributed by atoms with Crippen LogP contribution in [0.4, 0.5) is 0 Å². The van der Waals surface area contributed by atoms with E-state index in [9.17, 15) is 4.79 Å². The van der Waals surface area contributed by atoms with Crippen LogP contribution in [-0.4, -0.2) is 37.3 Å². The molecule has 4 rings (SSSR count). The van der Waals surface area contributed by atoms with E-state index in [0.717, 1.165) is 29.3 Å². The Kier molecular flexibility index (Phi) is 4.51. The molecule has 0 fully saturated rings. The van der Waals surface area contributed by atoms with Crippen molar-refractivity contribution < 1.29 is 9.32 Å². The van der Waals surface area contributed by atoms with Crippen molar-refractivity contribution in [1.82, 2.24) is 24.8 Å². The molecule has 7 nitrogen and oxygen atoms in total. The number of rotatable bonds is 4. The molecule has 0 spiro atoms. The van der Waals surface area contributed by atoms with Gasteiger partial charge in [-0.2, -0.15) is 0 Å². The van der Waals surface area contributed by atoms with Crippen molar-refractivity contribution in [1.29, 1.82) is 0 Å². The maximum atomic E-state index is 12.8. The van der Waals surface area contributed by atoms with Crippen LogP contribution in [0.3, 0.4) is 0 Å². The van der Waals surface area contributed by atoms with E-state index in [0.29, 0.717) is 25.3 Å². The highest BCUT2D eigenvalue weighted by Crippen LogP contribution is 2.24. The van der Waals surface area contributed by atoms with Crippen LogP contribution in [0.2, 0.25) is 0 Å². The summed E-state index contributed by atoms with van der Waals surface area (Å²) in [5.74, 6) is 2.56. The lowest BCUT2D eigenvalue weighted by atomic mass is 10.1. The molecule has 27 heavy (non-hydrogen) atoms. The fourth-order valence-electron chi connectivity index (χ4n) is 3.72. The minimum absolute atomic E-state index is 0.0649. The van der Waals surface area contributed by atoms with Gasteiger partial charge in [-0.3, -0.25) is 4.79 Å². The molecule has 2 aromatic heterocycles. The zero-order valence-electron chi connectivity index (χ0n) is 15.8. The summed E-state index contributed by atoms with van der Waals surface area (Å²) in [6.45, 7) is 6.94. The highest BCUT2D eigenvalue weighted by atomic mass is 16.5. The molecule has 1 aliphatic heterocycles. The molecule has 140 valence electrons. The summed E-state index contributed by atoms with van der Waals surface area (Å²) in [5, 5.41) is 12.7. The molecule has 3 aromatic rings. The van der Waals surface area contributed by atoms with E-state index in [2.05, 4.69) is 39.0 Å². The first-order valence-corrected chi connectivity index (χ1v) is 9.19. The minimum atomic E-state index is 0.0649. The molecular formula is C20H23N5O2. The van der Waals surface area contributed by atoms with Crippen LogP contribution in [0.1, 0.15) is 47.2 Å². The molecule has 0 unspecified atom stereocenters. The van der Waals surface area contributed by atoms with Gasteiger partial charge in [0.25, 0.3) is 0 Å². The number of amides is 1. The fraction of sp³-hybridized carbons (Fsp3) is 0.400. The second-order valence-corrected chi connectivity index (χ2v) is 7.17. The zero-order chi connectivity index (χ0) is 19.0. The van der Waals surface area contributed by atoms with Crippen molar-refractivity contribution in [2.24, 2.45) is 0 Å². The second kappa shape index (κ2) is 6.98. The first kappa shape index (κ1) is 17.5. The van der Waals surface area contributed by atoms with Gasteiger partial charge in [0.2, 0.25) is 5.91 Å². The number of nitrogens with zero attached hydrogens (tertiary/aromatic N) is 5. The third-order valence-corrected chi connectivity index (χ3v) is 5.16. The van der Waals surface area contributed by atoms with E-state index in [1.54, 1.807) is 0 Å². The molecule has 0 N–H and O–H groups in total. The molecule has 1 aliphatic rings. The van der Waals surface area contributed by atoms with Crippen molar-refractivity contribution in [3.63, 3.8) is 0 Å². The topological polar surface area (TPSA) is 77.1 Å². The normalized spacial score (nSPS) is 16.4. The van der Waals surface area contributed by atoms with Gasteiger partial charge >= 0.3 is 0 Å². The standard InChI is InChI=1S/C20H23N5O2/c1-13-11-24(20(26)10-17-14(2)23-27-15(17)3)12-19-22-21-18(25(13)19)9-16-7-5-4-6-8-16/h4-8,13H,9-12H2,1-3H3/t13-/m0/s1. The predicted octanol–water partition coefficient (Wildman–Crippen LogP) is 2.62. The lowest BCUT2D eigenvalue weighted by Gasteiger charge is -2.32. The fourth-order valence-corrected chi connectivity index (χ4v) is 3.72. The number of fused-ring (bicyclic) bond motifs is 1. The molecule has 1 atom stereocenters. The molecule has 1 amide bonds. The average molecular weight is 365 g/mol. The average Bonchev–Trinajstić information content (AvgIpc) is 3.21. The molecule has 0 saturated heterocycles. The summed E-state index contributed by atoms with van der Waals surface area (Å²) in [6.07, 6.45) is 1.05. The lowest BCUT2D eigenvalue weighted by molar-refractivity contribution is -0.132. The Balaban J connectivity index is 1.51. The monoisotopic (exact) mass is 365 g/mol. The smallest absolute Gasteiger partial charge is 0.227 e. The molecule has 0 saturated carbocycles. The number of carbonyl (C=O) groups is 1. The summed E-state index contributed by atoms with van der Waals surface area (Å²) in [7, 11) is 0. The van der Waals surface area contributed by atoms with E-state index >= 15 is 0 Å². The van der Waals surface area contributed by atoms with Gasteiger partial charge in [0.05, 0.1) is 24.7 Å². The highest BCUT2D eigenvalue weighted by molar-refractivity contribution is 5.79. The SMILES string of the molecule is Cc1noc(C)c1CC(=O)N1Cc2nnc(Cc3ccccc3)n2[C@@H](C)C1. The first-order chi connectivity index (χ1) is 13.0. The Labute approximate surface area is 158 Å². The molecular weight excluding hydrogens is 342 g/mol. The Bertz CT molecular complexity index is 941. The summed E-state index contributed by atoms with van der Waals surface area (Å²) in [5.41, 5.74) is 2.86. The van der Waals surface area contributed by atoms with Gasteiger partial charge in [-0.1, -0.05) is 35.5 Å². The summed E-state index contributed by atoms with van der Waals surface area (Å²) < 4.78 is 7.35. The molecule has 7 heteroatoms. The van der Waals surface area contributed by atoms with Crippen LogP contribution >= 0.6 is 0 Å². The Morgan fingerprint density at radius 1 is 1.22 bits per heavy atom. The number of carbonyl (C=O) groups excluding carboxylic acids is 1. The van der Waals surface area contributed by atoms with Gasteiger partial charge in [-0.05, 0) is 26.3 Å². The van der Waals surface area contributed by atoms with Gasteiger partial charge in [0, 0.05) is 18.5 Å². The van der Waals surface area contributed by atoms with Crippen LogP contribution in [-0.2, 0) is 24.2 Å². The van der Waals surface area contributed by atoms with Crippen LogP contribution in [0, 0.1) is 13.8 Å². The molecule has 1 aromatic carbocycles. The zero-order valence-corrected chi connectivity index (χ0v) is 15.8. The summed E-state index contributed by atoms with van der Waals surface area (Å²) in [4.78, 5) is 14.7. The summed E-state index contributed by atoms with van der Waals surface area (Å²) >= 11 is 0. The van der Waals surface area contributed by atoms with Crippen molar-refractivity contribution in [3.8, 4) is 0 Å². The van der Waals surface area contributed by atoms with E-state index < -0.39 is 0 Å². The van der Waals surface area contributed by atoms with Crippen LogP contribution < -0.4 is 0 Å². The number of hydrogen-bond donors (Lipinski definition) is 0. The largest absolute Gasteiger partial charge is 0.361 e. The third-order valence-electron chi connectivity index (χ3n) is 5.16. The van der Waals surface area contributed by atoms with E-state index in [1.807, 2.05) is 36.9 Å². The lowest BCUT2D eigenvalue weighted by Crippen LogP contribution is -2.41. The Morgan fingerprint density at radius 2 is 2.00 bits per heavy atom. The van der Waals surface area contributed by atoms with E-state index in [4.69, 9.17) is 4.52 Å². The van der Waals surface area contributed by atoms with E-state index in [-0.39, 0.29) is 11.9 Å². The highest BCUT2D eigenvalue weighted by Gasteiger charge is 2.29.